The molecule has 0 radical (unpaired) electrons. The minimum Gasteiger partial charge on any atom is -0.436 e. The van der Waals surface area contributed by atoms with Gasteiger partial charge in [0.1, 0.15) is 10.8 Å². The molecule has 2 aromatic heterocycles. The molecule has 0 saturated heterocycles. The fourth-order valence-electron chi connectivity index (χ4n) is 1.81. The van der Waals surface area contributed by atoms with Crippen molar-refractivity contribution in [3.05, 3.63) is 35.7 Å². The highest BCUT2D eigenvalue weighted by atomic mass is 32.2. The molecule has 3 aromatic rings. The molecule has 1 N–H and O–H groups in total. The van der Waals surface area contributed by atoms with Gasteiger partial charge in [-0.1, -0.05) is 18.2 Å². The quantitative estimate of drug-likeness (QED) is 0.744. The van der Waals surface area contributed by atoms with E-state index in [0.29, 0.717) is 11.2 Å². The number of oxazole rings is 1. The first-order valence-electron chi connectivity index (χ1n) is 6.24. The molecule has 2 heterocycles. The molecule has 0 aliphatic carbocycles. The van der Waals surface area contributed by atoms with Gasteiger partial charge in [0.15, 0.2) is 0 Å². The highest BCUT2D eigenvalue weighted by Crippen LogP contribution is 2.32. The van der Waals surface area contributed by atoms with E-state index in [9.17, 15) is 0 Å². The van der Waals surface area contributed by atoms with Crippen molar-refractivity contribution in [2.75, 3.05) is 12.4 Å². The van der Waals surface area contributed by atoms with Crippen LogP contribution >= 0.6 is 11.8 Å². The van der Waals surface area contributed by atoms with Crippen LogP contribution in [0.5, 0.6) is 0 Å². The second-order valence-corrected chi connectivity index (χ2v) is 5.28. The maximum atomic E-state index is 5.61. The van der Waals surface area contributed by atoms with Crippen molar-refractivity contribution in [1.82, 2.24) is 15.0 Å². The SMILES string of the molecule is CNc1nc(Sc2nc(C)c(C)o2)c2ccccc2n1. The molecular weight excluding hydrogens is 272 g/mol. The van der Waals surface area contributed by atoms with Crippen molar-refractivity contribution in [1.29, 1.82) is 0 Å². The number of nitrogens with one attached hydrogen (secondary N) is 1. The third kappa shape index (κ3) is 2.34. The number of nitrogens with zero attached hydrogens (tertiary/aromatic N) is 3. The lowest BCUT2D eigenvalue weighted by molar-refractivity contribution is 0.431. The van der Waals surface area contributed by atoms with E-state index in [1.807, 2.05) is 38.1 Å². The summed E-state index contributed by atoms with van der Waals surface area (Å²) in [5, 5.41) is 5.40. The van der Waals surface area contributed by atoms with Gasteiger partial charge in [-0.15, -0.1) is 0 Å². The summed E-state index contributed by atoms with van der Waals surface area (Å²) in [5.41, 5.74) is 1.80. The van der Waals surface area contributed by atoms with E-state index in [0.717, 1.165) is 27.4 Å². The third-order valence-electron chi connectivity index (χ3n) is 2.98. The van der Waals surface area contributed by atoms with Crippen molar-refractivity contribution in [3.63, 3.8) is 0 Å². The van der Waals surface area contributed by atoms with E-state index in [-0.39, 0.29) is 0 Å². The lowest BCUT2D eigenvalue weighted by Crippen LogP contribution is -1.98. The van der Waals surface area contributed by atoms with Gasteiger partial charge in [0.25, 0.3) is 5.22 Å². The van der Waals surface area contributed by atoms with Gasteiger partial charge in [0, 0.05) is 12.4 Å². The lowest BCUT2D eigenvalue weighted by atomic mass is 10.2. The largest absolute Gasteiger partial charge is 0.436 e. The number of hydrogen-bond acceptors (Lipinski definition) is 6. The number of benzene rings is 1. The summed E-state index contributed by atoms with van der Waals surface area (Å²) < 4.78 is 5.61. The molecule has 0 aliphatic heterocycles. The molecule has 0 amide bonds. The van der Waals surface area contributed by atoms with E-state index in [2.05, 4.69) is 20.3 Å². The summed E-state index contributed by atoms with van der Waals surface area (Å²) in [7, 11) is 1.80. The van der Waals surface area contributed by atoms with Crippen molar-refractivity contribution in [3.8, 4) is 0 Å². The fourth-order valence-corrected chi connectivity index (χ4v) is 2.74. The second kappa shape index (κ2) is 5.13. The summed E-state index contributed by atoms with van der Waals surface area (Å²) >= 11 is 1.41. The summed E-state index contributed by atoms with van der Waals surface area (Å²) in [6, 6.07) is 7.90. The lowest BCUT2D eigenvalue weighted by Gasteiger charge is -2.05. The number of anilines is 1. The predicted molar refractivity (Wildman–Crippen MR) is 79.2 cm³/mol. The summed E-state index contributed by atoms with van der Waals surface area (Å²) in [4.78, 5) is 13.3. The van der Waals surface area contributed by atoms with Crippen molar-refractivity contribution in [2.24, 2.45) is 0 Å². The van der Waals surface area contributed by atoms with Crippen LogP contribution < -0.4 is 5.32 Å². The Morgan fingerprint density at radius 1 is 1.10 bits per heavy atom. The van der Waals surface area contributed by atoms with Crippen LogP contribution in [0.2, 0.25) is 0 Å². The molecule has 0 aliphatic rings. The Morgan fingerprint density at radius 2 is 1.90 bits per heavy atom. The monoisotopic (exact) mass is 286 g/mol. The van der Waals surface area contributed by atoms with E-state index in [1.165, 1.54) is 11.8 Å². The van der Waals surface area contributed by atoms with E-state index >= 15 is 0 Å². The van der Waals surface area contributed by atoms with Gasteiger partial charge in [-0.05, 0) is 31.7 Å². The molecule has 5 nitrogen and oxygen atoms in total. The molecule has 0 fully saturated rings. The molecule has 0 spiro atoms. The van der Waals surface area contributed by atoms with Crippen LogP contribution in [0.1, 0.15) is 11.5 Å². The molecule has 20 heavy (non-hydrogen) atoms. The van der Waals surface area contributed by atoms with Crippen LogP contribution in [-0.4, -0.2) is 22.0 Å². The molecule has 0 atom stereocenters. The number of para-hydroxylation sites is 1. The zero-order valence-electron chi connectivity index (χ0n) is 11.5. The van der Waals surface area contributed by atoms with Crippen LogP contribution in [0.4, 0.5) is 5.95 Å². The van der Waals surface area contributed by atoms with Crippen LogP contribution in [0.15, 0.2) is 38.9 Å². The molecule has 0 bridgehead atoms. The molecule has 0 unspecified atom stereocenters. The van der Waals surface area contributed by atoms with Crippen molar-refractivity contribution >= 4 is 28.6 Å². The molecular formula is C14H14N4OS. The van der Waals surface area contributed by atoms with Crippen LogP contribution in [0.3, 0.4) is 0 Å². The van der Waals surface area contributed by atoms with E-state index in [4.69, 9.17) is 4.42 Å². The fraction of sp³-hybridized carbons (Fsp3) is 0.214. The molecule has 1 aromatic carbocycles. The maximum Gasteiger partial charge on any atom is 0.262 e. The molecule has 6 heteroatoms. The average molecular weight is 286 g/mol. The Hall–Kier alpha value is -2.08. The van der Waals surface area contributed by atoms with E-state index < -0.39 is 0 Å². The minimum absolute atomic E-state index is 0.589. The van der Waals surface area contributed by atoms with Crippen molar-refractivity contribution in [2.45, 2.75) is 24.1 Å². The average Bonchev–Trinajstić information content (AvgIpc) is 2.77. The van der Waals surface area contributed by atoms with Gasteiger partial charge >= 0.3 is 0 Å². The molecule has 102 valence electrons. The minimum atomic E-state index is 0.589. The van der Waals surface area contributed by atoms with Gasteiger partial charge < -0.3 is 9.73 Å². The van der Waals surface area contributed by atoms with Gasteiger partial charge in [-0.25, -0.2) is 15.0 Å². The first-order valence-corrected chi connectivity index (χ1v) is 7.05. The smallest absolute Gasteiger partial charge is 0.262 e. The Bertz CT molecular complexity index is 749. The Labute approximate surface area is 120 Å². The maximum absolute atomic E-state index is 5.61. The van der Waals surface area contributed by atoms with Gasteiger partial charge in [0.05, 0.1) is 11.2 Å². The summed E-state index contributed by atoms with van der Waals surface area (Å²) in [6.45, 7) is 3.84. The van der Waals surface area contributed by atoms with E-state index in [1.54, 1.807) is 7.05 Å². The normalized spacial score (nSPS) is 10.9. The van der Waals surface area contributed by atoms with Crippen LogP contribution in [-0.2, 0) is 0 Å². The van der Waals surface area contributed by atoms with Gasteiger partial charge in [0.2, 0.25) is 5.95 Å². The third-order valence-corrected chi connectivity index (χ3v) is 3.84. The zero-order valence-corrected chi connectivity index (χ0v) is 12.3. The topological polar surface area (TPSA) is 63.8 Å². The standard InChI is InChI=1S/C14H14N4OS/c1-8-9(2)19-14(16-8)20-12-10-6-4-5-7-11(10)17-13(15-3)18-12/h4-7H,1-3H3,(H,15,17,18). The molecule has 0 saturated carbocycles. The predicted octanol–water partition coefficient (Wildman–Crippen LogP) is 3.43. The Morgan fingerprint density at radius 3 is 2.60 bits per heavy atom. The highest BCUT2D eigenvalue weighted by molar-refractivity contribution is 7.99. The number of fused-ring (bicyclic) bond motifs is 1. The van der Waals surface area contributed by atoms with Crippen molar-refractivity contribution < 1.29 is 4.42 Å². The second-order valence-electron chi connectivity index (χ2n) is 4.34. The summed E-state index contributed by atoms with van der Waals surface area (Å²) in [6.07, 6.45) is 0. The first-order chi connectivity index (χ1) is 9.67. The first kappa shape index (κ1) is 12.9. The number of aromatic nitrogens is 3. The van der Waals surface area contributed by atoms with Gasteiger partial charge in [-0.3, -0.25) is 0 Å². The van der Waals surface area contributed by atoms with Crippen LogP contribution in [0.25, 0.3) is 10.9 Å². The Balaban J connectivity index is 2.09. The number of hydrogen-bond donors (Lipinski definition) is 1. The van der Waals surface area contributed by atoms with Crippen LogP contribution in [0, 0.1) is 13.8 Å². The molecule has 3 rings (SSSR count). The Kier molecular flexibility index (Phi) is 3.31. The highest BCUT2D eigenvalue weighted by Gasteiger charge is 2.13. The zero-order chi connectivity index (χ0) is 14.1. The summed E-state index contributed by atoms with van der Waals surface area (Å²) in [5.74, 6) is 1.42. The number of rotatable bonds is 3. The van der Waals surface area contributed by atoms with Gasteiger partial charge in [-0.2, -0.15) is 0 Å². The number of aryl methyl sites for hydroxylation is 2.